The van der Waals surface area contributed by atoms with Crippen LogP contribution in [0, 0.1) is 0 Å². The minimum atomic E-state index is -2.32. The van der Waals surface area contributed by atoms with Gasteiger partial charge in [-0.1, -0.05) is 41.5 Å². The van der Waals surface area contributed by atoms with Gasteiger partial charge in [0.2, 0.25) is 14.2 Å². The largest absolute Gasteiger partial charge is 0.446 e. The topological polar surface area (TPSA) is 51.9 Å². The number of furan rings is 1. The molecule has 1 amide bonds. The molecule has 1 aromatic heterocycles. The van der Waals surface area contributed by atoms with Gasteiger partial charge in [0.15, 0.2) is 0 Å². The average Bonchev–Trinajstić information content (AvgIpc) is 2.89. The van der Waals surface area contributed by atoms with Gasteiger partial charge in [-0.25, -0.2) is 4.79 Å². The van der Waals surface area contributed by atoms with Crippen molar-refractivity contribution < 1.29 is 18.5 Å². The third kappa shape index (κ3) is 4.63. The molecule has 138 valence electrons. The van der Waals surface area contributed by atoms with Crippen molar-refractivity contribution >= 4 is 20.3 Å². The Morgan fingerprint density at radius 3 is 1.92 bits per heavy atom. The van der Waals surface area contributed by atoms with E-state index < -0.39 is 20.0 Å². The first-order chi connectivity index (χ1) is 10.9. The summed E-state index contributed by atoms with van der Waals surface area (Å²) in [6, 6.07) is 3.45. The van der Waals surface area contributed by atoms with E-state index in [1.807, 2.05) is 20.8 Å². The number of hydrogen-bond donors (Lipinski definition) is 0. The van der Waals surface area contributed by atoms with Crippen LogP contribution in [-0.2, 0) is 9.26 Å². The van der Waals surface area contributed by atoms with E-state index in [-0.39, 0.29) is 0 Å². The second-order valence-electron chi connectivity index (χ2n) is 8.13. The number of rotatable bonds is 6. The quantitative estimate of drug-likeness (QED) is 0.455. The van der Waals surface area contributed by atoms with Crippen LogP contribution in [0.15, 0.2) is 22.8 Å². The van der Waals surface area contributed by atoms with Gasteiger partial charge >= 0.3 is 6.09 Å². The van der Waals surface area contributed by atoms with Crippen molar-refractivity contribution in [3.63, 3.8) is 0 Å². The smallest absolute Gasteiger partial charge is 0.441 e. The SMILES string of the molecule is CC(C)[Si](ON(C(=O)OC(C)(C)C)c1ccco1)(C(C)C)C(C)C. The first kappa shape index (κ1) is 20.8. The molecule has 0 N–H and O–H groups in total. The van der Waals surface area contributed by atoms with Crippen molar-refractivity contribution in [3.05, 3.63) is 18.4 Å². The van der Waals surface area contributed by atoms with Gasteiger partial charge in [-0.15, -0.1) is 5.06 Å². The highest BCUT2D eigenvalue weighted by molar-refractivity contribution is 6.77. The summed E-state index contributed by atoms with van der Waals surface area (Å²) >= 11 is 0. The monoisotopic (exact) mass is 355 g/mol. The van der Waals surface area contributed by atoms with Gasteiger partial charge in [-0.05, 0) is 43.5 Å². The number of hydroxylamine groups is 1. The van der Waals surface area contributed by atoms with E-state index in [0.717, 1.165) is 0 Å². The lowest BCUT2D eigenvalue weighted by molar-refractivity contribution is 0.0399. The van der Waals surface area contributed by atoms with Crippen molar-refractivity contribution in [1.29, 1.82) is 0 Å². The molecule has 0 aliphatic carbocycles. The molecule has 1 aromatic rings. The van der Waals surface area contributed by atoms with Crippen molar-refractivity contribution in [2.45, 2.75) is 84.5 Å². The molecule has 0 fully saturated rings. The lowest BCUT2D eigenvalue weighted by Crippen LogP contribution is -2.54. The zero-order valence-corrected chi connectivity index (χ0v) is 17.5. The zero-order chi connectivity index (χ0) is 18.7. The van der Waals surface area contributed by atoms with Crippen LogP contribution in [-0.4, -0.2) is 20.0 Å². The van der Waals surface area contributed by atoms with Crippen molar-refractivity contribution in [3.8, 4) is 0 Å². The van der Waals surface area contributed by atoms with Crippen LogP contribution in [0.25, 0.3) is 0 Å². The molecular weight excluding hydrogens is 322 g/mol. The number of anilines is 1. The number of nitrogens with zero attached hydrogens (tertiary/aromatic N) is 1. The molecule has 24 heavy (non-hydrogen) atoms. The minimum Gasteiger partial charge on any atom is -0.446 e. The highest BCUT2D eigenvalue weighted by Crippen LogP contribution is 2.43. The maximum Gasteiger partial charge on any atom is 0.441 e. The molecule has 6 heteroatoms. The molecule has 0 aromatic carbocycles. The molecule has 1 rings (SSSR count). The van der Waals surface area contributed by atoms with Crippen LogP contribution in [0.3, 0.4) is 0 Å². The summed E-state index contributed by atoms with van der Waals surface area (Å²) in [6.07, 6.45) is 0.982. The summed E-state index contributed by atoms with van der Waals surface area (Å²) in [7, 11) is -2.32. The van der Waals surface area contributed by atoms with Gasteiger partial charge in [0.05, 0.1) is 6.26 Å². The lowest BCUT2D eigenvalue weighted by Gasteiger charge is -2.43. The Balaban J connectivity index is 3.27. The third-order valence-corrected chi connectivity index (χ3v) is 10.1. The summed E-state index contributed by atoms with van der Waals surface area (Å²) < 4.78 is 17.5. The number of amides is 1. The Labute approximate surface area is 147 Å². The molecular formula is C18H33NO4Si. The summed E-state index contributed by atoms with van der Waals surface area (Å²) in [6.45, 7) is 18.5. The van der Waals surface area contributed by atoms with Gasteiger partial charge in [0, 0.05) is 6.07 Å². The highest BCUT2D eigenvalue weighted by atomic mass is 28.4. The number of carbonyl (C=O) groups excluding carboxylic acids is 1. The van der Waals surface area contributed by atoms with Crippen molar-refractivity contribution in [2.75, 3.05) is 5.06 Å². The maximum absolute atomic E-state index is 12.7. The van der Waals surface area contributed by atoms with Gasteiger partial charge in [0.1, 0.15) is 5.60 Å². The molecule has 0 aliphatic rings. The lowest BCUT2D eigenvalue weighted by atomic mass is 10.2. The molecule has 0 bridgehead atoms. The fraction of sp³-hybridized carbons (Fsp3) is 0.722. The molecule has 0 atom stereocenters. The predicted octanol–water partition coefficient (Wildman–Crippen LogP) is 6.13. The molecule has 1 heterocycles. The predicted molar refractivity (Wildman–Crippen MR) is 99.6 cm³/mol. The summed E-state index contributed by atoms with van der Waals surface area (Å²) in [5.74, 6) is 0.350. The van der Waals surface area contributed by atoms with Gasteiger partial charge in [-0.3, -0.25) is 0 Å². The normalized spacial score (nSPS) is 13.0. The Morgan fingerprint density at radius 1 is 1.08 bits per heavy atom. The van der Waals surface area contributed by atoms with E-state index in [2.05, 4.69) is 41.5 Å². The molecule has 0 aliphatic heterocycles. The van der Waals surface area contributed by atoms with Crippen LogP contribution in [0.5, 0.6) is 0 Å². The van der Waals surface area contributed by atoms with Crippen LogP contribution in [0.4, 0.5) is 10.7 Å². The molecule has 0 unspecified atom stereocenters. The van der Waals surface area contributed by atoms with E-state index in [1.165, 1.54) is 11.3 Å². The Morgan fingerprint density at radius 2 is 1.58 bits per heavy atom. The Kier molecular flexibility index (Phi) is 6.70. The first-order valence-corrected chi connectivity index (χ1v) is 10.8. The fourth-order valence-electron chi connectivity index (χ4n) is 3.34. The standard InChI is InChI=1S/C18H33NO4Si/c1-13(2)24(14(3)4,15(5)6)23-19(16-11-10-12-21-16)17(20)22-18(7,8)9/h10-15H,1-9H3. The summed E-state index contributed by atoms with van der Waals surface area (Å²) in [5.41, 5.74) is 0.385. The molecule has 5 nitrogen and oxygen atoms in total. The van der Waals surface area contributed by atoms with Crippen LogP contribution >= 0.6 is 0 Å². The average molecular weight is 356 g/mol. The van der Waals surface area contributed by atoms with E-state index in [4.69, 9.17) is 13.7 Å². The Bertz CT molecular complexity index is 496. The van der Waals surface area contributed by atoms with Gasteiger partial charge in [0.25, 0.3) is 0 Å². The van der Waals surface area contributed by atoms with E-state index in [0.29, 0.717) is 22.5 Å². The minimum absolute atomic E-state index is 0.331. The Hall–Kier alpha value is -1.27. The second-order valence-corrected chi connectivity index (χ2v) is 13.5. The summed E-state index contributed by atoms with van der Waals surface area (Å²) in [4.78, 5) is 12.7. The van der Waals surface area contributed by atoms with E-state index in [9.17, 15) is 4.79 Å². The second kappa shape index (κ2) is 7.74. The first-order valence-electron chi connectivity index (χ1n) is 8.67. The van der Waals surface area contributed by atoms with Crippen LogP contribution in [0.1, 0.15) is 62.3 Å². The molecule has 0 spiro atoms. The molecule has 0 saturated heterocycles. The summed E-state index contributed by atoms with van der Waals surface area (Å²) in [5, 5.41) is 1.22. The maximum atomic E-state index is 12.7. The van der Waals surface area contributed by atoms with Crippen molar-refractivity contribution in [2.24, 2.45) is 0 Å². The fourth-order valence-corrected chi connectivity index (χ4v) is 8.45. The highest BCUT2D eigenvalue weighted by Gasteiger charge is 2.49. The van der Waals surface area contributed by atoms with Crippen molar-refractivity contribution in [1.82, 2.24) is 0 Å². The van der Waals surface area contributed by atoms with Crippen LogP contribution in [0.2, 0.25) is 16.6 Å². The molecule has 0 radical (unpaired) electrons. The van der Waals surface area contributed by atoms with E-state index in [1.54, 1.807) is 12.1 Å². The van der Waals surface area contributed by atoms with Crippen LogP contribution < -0.4 is 5.06 Å². The van der Waals surface area contributed by atoms with Gasteiger partial charge in [-0.2, -0.15) is 0 Å². The third-order valence-electron chi connectivity index (χ3n) is 4.22. The van der Waals surface area contributed by atoms with E-state index >= 15 is 0 Å². The zero-order valence-electron chi connectivity index (χ0n) is 16.5. The number of carbonyl (C=O) groups is 1. The number of hydrogen-bond acceptors (Lipinski definition) is 4. The molecule has 0 saturated carbocycles. The van der Waals surface area contributed by atoms with Gasteiger partial charge < -0.3 is 13.7 Å². The number of ether oxygens (including phenoxy) is 1.